The molecule has 1 atom stereocenters. The van der Waals surface area contributed by atoms with Crippen molar-refractivity contribution in [3.8, 4) is 5.75 Å². The van der Waals surface area contributed by atoms with Crippen LogP contribution in [0.3, 0.4) is 0 Å². The van der Waals surface area contributed by atoms with Crippen molar-refractivity contribution < 1.29 is 22.7 Å². The van der Waals surface area contributed by atoms with Crippen molar-refractivity contribution >= 4 is 21.8 Å². The molecule has 9 heteroatoms. The standard InChI is InChI=1S/C17H23N3O5S/c1-2-25-13-3-5-14(6-4-13)26(23,24)20-11-9-19(10-12-20)17(22)15-7-8-16(21)18-15/h3-6,15H,2,7-12H2,1H3,(H,18,21)/t15-/m1/s1. The van der Waals surface area contributed by atoms with E-state index in [-0.39, 0.29) is 29.8 Å². The molecular formula is C17H23N3O5S. The maximum absolute atomic E-state index is 12.8. The summed E-state index contributed by atoms with van der Waals surface area (Å²) in [6.45, 7) is 3.50. The Morgan fingerprint density at radius 2 is 1.85 bits per heavy atom. The monoisotopic (exact) mass is 381 g/mol. The van der Waals surface area contributed by atoms with Crippen molar-refractivity contribution in [3.05, 3.63) is 24.3 Å². The Balaban J connectivity index is 1.61. The van der Waals surface area contributed by atoms with Crippen LogP contribution in [0, 0.1) is 0 Å². The number of sulfonamides is 1. The van der Waals surface area contributed by atoms with Crippen molar-refractivity contribution in [3.63, 3.8) is 0 Å². The Morgan fingerprint density at radius 1 is 1.19 bits per heavy atom. The van der Waals surface area contributed by atoms with Crippen LogP contribution >= 0.6 is 0 Å². The highest BCUT2D eigenvalue weighted by Gasteiger charge is 2.35. The second kappa shape index (κ2) is 7.63. The van der Waals surface area contributed by atoms with E-state index < -0.39 is 16.1 Å². The van der Waals surface area contributed by atoms with Crippen molar-refractivity contribution in [1.29, 1.82) is 0 Å². The molecule has 2 fully saturated rings. The minimum Gasteiger partial charge on any atom is -0.494 e. The van der Waals surface area contributed by atoms with Crippen LogP contribution in [0.2, 0.25) is 0 Å². The number of nitrogens with zero attached hydrogens (tertiary/aromatic N) is 2. The second-order valence-corrected chi connectivity index (χ2v) is 8.23. The molecular weight excluding hydrogens is 358 g/mol. The zero-order valence-electron chi connectivity index (χ0n) is 14.7. The molecule has 0 aliphatic carbocycles. The Kier molecular flexibility index (Phi) is 5.47. The maximum atomic E-state index is 12.8. The number of amides is 2. The lowest BCUT2D eigenvalue weighted by molar-refractivity contribution is -0.135. The molecule has 26 heavy (non-hydrogen) atoms. The zero-order chi connectivity index (χ0) is 18.7. The van der Waals surface area contributed by atoms with Gasteiger partial charge in [-0.1, -0.05) is 0 Å². The minimum absolute atomic E-state index is 0.111. The van der Waals surface area contributed by atoms with Crippen molar-refractivity contribution in [2.75, 3.05) is 32.8 Å². The second-order valence-electron chi connectivity index (χ2n) is 6.29. The van der Waals surface area contributed by atoms with E-state index in [4.69, 9.17) is 4.74 Å². The summed E-state index contributed by atoms with van der Waals surface area (Å²) in [4.78, 5) is 25.5. The lowest BCUT2D eigenvalue weighted by Gasteiger charge is -2.35. The zero-order valence-corrected chi connectivity index (χ0v) is 15.5. The van der Waals surface area contributed by atoms with Crippen LogP contribution in [0.4, 0.5) is 0 Å². The fourth-order valence-corrected chi connectivity index (χ4v) is 4.61. The fourth-order valence-electron chi connectivity index (χ4n) is 3.19. The Labute approximate surface area is 153 Å². The third kappa shape index (κ3) is 3.83. The first-order valence-corrected chi connectivity index (χ1v) is 10.2. The molecule has 1 N–H and O–H groups in total. The first-order chi connectivity index (χ1) is 12.4. The van der Waals surface area contributed by atoms with Crippen molar-refractivity contribution in [2.24, 2.45) is 0 Å². The summed E-state index contributed by atoms with van der Waals surface area (Å²) in [5.41, 5.74) is 0. The van der Waals surface area contributed by atoms with E-state index in [2.05, 4.69) is 5.32 Å². The molecule has 0 bridgehead atoms. The van der Waals surface area contributed by atoms with Gasteiger partial charge in [0.15, 0.2) is 0 Å². The maximum Gasteiger partial charge on any atom is 0.245 e. The molecule has 8 nitrogen and oxygen atoms in total. The topological polar surface area (TPSA) is 96.0 Å². The Hall–Kier alpha value is -2.13. The summed E-state index contributed by atoms with van der Waals surface area (Å²) in [7, 11) is -3.60. The largest absolute Gasteiger partial charge is 0.494 e. The van der Waals surface area contributed by atoms with Gasteiger partial charge in [0, 0.05) is 32.6 Å². The van der Waals surface area contributed by atoms with E-state index in [0.29, 0.717) is 38.3 Å². The molecule has 0 radical (unpaired) electrons. The highest BCUT2D eigenvalue weighted by atomic mass is 32.2. The molecule has 2 aliphatic heterocycles. The molecule has 2 heterocycles. The van der Waals surface area contributed by atoms with Gasteiger partial charge in [-0.3, -0.25) is 9.59 Å². The first kappa shape index (κ1) is 18.7. The minimum atomic E-state index is -3.60. The molecule has 2 aliphatic rings. The van der Waals surface area contributed by atoms with Gasteiger partial charge in [0.05, 0.1) is 11.5 Å². The summed E-state index contributed by atoms with van der Waals surface area (Å²) in [5.74, 6) is 0.384. The Morgan fingerprint density at radius 3 is 2.38 bits per heavy atom. The van der Waals surface area contributed by atoms with Crippen LogP contribution in [0.5, 0.6) is 5.75 Å². The number of benzene rings is 1. The van der Waals surface area contributed by atoms with Crippen LogP contribution in [0.15, 0.2) is 29.2 Å². The lowest BCUT2D eigenvalue weighted by atomic mass is 10.2. The van der Waals surface area contributed by atoms with Crippen LogP contribution in [-0.2, 0) is 19.6 Å². The van der Waals surface area contributed by atoms with Gasteiger partial charge >= 0.3 is 0 Å². The van der Waals surface area contributed by atoms with Crippen LogP contribution in [0.25, 0.3) is 0 Å². The molecule has 1 aromatic carbocycles. The van der Waals surface area contributed by atoms with Gasteiger partial charge in [-0.15, -0.1) is 0 Å². The van der Waals surface area contributed by atoms with Gasteiger partial charge in [0.1, 0.15) is 11.8 Å². The molecule has 0 saturated carbocycles. The molecule has 3 rings (SSSR count). The number of rotatable bonds is 5. The van der Waals surface area contributed by atoms with Crippen molar-refractivity contribution in [2.45, 2.75) is 30.7 Å². The number of hydrogen-bond acceptors (Lipinski definition) is 5. The van der Waals surface area contributed by atoms with Gasteiger partial charge < -0.3 is 15.0 Å². The van der Waals surface area contributed by atoms with E-state index in [1.165, 1.54) is 16.4 Å². The van der Waals surface area contributed by atoms with Gasteiger partial charge in [-0.25, -0.2) is 8.42 Å². The summed E-state index contributed by atoms with van der Waals surface area (Å²) in [6.07, 6.45) is 0.866. The summed E-state index contributed by atoms with van der Waals surface area (Å²) < 4.78 is 32.2. The van der Waals surface area contributed by atoms with E-state index in [1.54, 1.807) is 17.0 Å². The number of ether oxygens (including phenoxy) is 1. The van der Waals surface area contributed by atoms with E-state index in [0.717, 1.165) is 0 Å². The van der Waals surface area contributed by atoms with E-state index in [1.807, 2.05) is 6.92 Å². The van der Waals surface area contributed by atoms with Crippen molar-refractivity contribution in [1.82, 2.24) is 14.5 Å². The highest BCUT2D eigenvalue weighted by Crippen LogP contribution is 2.21. The molecule has 2 saturated heterocycles. The molecule has 142 valence electrons. The predicted octanol–water partition coefficient (Wildman–Crippen LogP) is 0.197. The smallest absolute Gasteiger partial charge is 0.245 e. The normalized spacial score (nSPS) is 21.5. The number of carbonyl (C=O) groups excluding carboxylic acids is 2. The number of piperazine rings is 1. The van der Waals surface area contributed by atoms with Crippen LogP contribution in [-0.4, -0.2) is 68.3 Å². The number of hydrogen-bond donors (Lipinski definition) is 1. The van der Waals surface area contributed by atoms with Gasteiger partial charge in [-0.2, -0.15) is 4.31 Å². The summed E-state index contributed by atoms with van der Waals surface area (Å²) >= 11 is 0. The average molecular weight is 381 g/mol. The lowest BCUT2D eigenvalue weighted by Crippen LogP contribution is -2.54. The first-order valence-electron chi connectivity index (χ1n) is 8.73. The highest BCUT2D eigenvalue weighted by molar-refractivity contribution is 7.89. The van der Waals surface area contributed by atoms with E-state index >= 15 is 0 Å². The summed E-state index contributed by atoms with van der Waals surface area (Å²) in [5, 5.41) is 2.66. The van der Waals surface area contributed by atoms with Gasteiger partial charge in [-0.05, 0) is 37.6 Å². The predicted molar refractivity (Wildman–Crippen MR) is 94.1 cm³/mol. The average Bonchev–Trinajstić information content (AvgIpc) is 3.08. The third-order valence-corrected chi connectivity index (χ3v) is 6.53. The van der Waals surface area contributed by atoms with Gasteiger partial charge in [0.25, 0.3) is 0 Å². The van der Waals surface area contributed by atoms with Crippen LogP contribution in [0.1, 0.15) is 19.8 Å². The molecule has 2 amide bonds. The molecule has 0 unspecified atom stereocenters. The SMILES string of the molecule is CCOc1ccc(S(=O)(=O)N2CCN(C(=O)[C@H]3CCC(=O)N3)CC2)cc1. The van der Waals surface area contributed by atoms with Gasteiger partial charge in [0.2, 0.25) is 21.8 Å². The third-order valence-electron chi connectivity index (χ3n) is 4.62. The van der Waals surface area contributed by atoms with Crippen LogP contribution < -0.4 is 10.1 Å². The number of carbonyl (C=O) groups is 2. The fraction of sp³-hybridized carbons (Fsp3) is 0.529. The Bertz CT molecular complexity index is 770. The molecule has 0 aromatic heterocycles. The summed E-state index contributed by atoms with van der Waals surface area (Å²) in [6, 6.07) is 5.87. The van der Waals surface area contributed by atoms with E-state index in [9.17, 15) is 18.0 Å². The molecule has 1 aromatic rings. The molecule has 0 spiro atoms. The quantitative estimate of drug-likeness (QED) is 0.786. The number of nitrogens with one attached hydrogen (secondary N) is 1.